The number of nitrogens with zero attached hydrogens (tertiary/aromatic N) is 4. The van der Waals surface area contributed by atoms with E-state index >= 15 is 0 Å². The minimum atomic E-state index is -0.581. The minimum Gasteiger partial charge on any atom is -0.442 e. The van der Waals surface area contributed by atoms with Crippen LogP contribution in [0.25, 0.3) is 11.3 Å². The molecule has 0 saturated heterocycles. The predicted octanol–water partition coefficient (Wildman–Crippen LogP) is 3.68. The highest BCUT2D eigenvalue weighted by Crippen LogP contribution is 2.30. The van der Waals surface area contributed by atoms with Gasteiger partial charge in [-0.2, -0.15) is 0 Å². The maximum atomic E-state index is 13.4. The van der Waals surface area contributed by atoms with Crippen molar-refractivity contribution in [1.82, 2.24) is 14.6 Å². The molecule has 0 aromatic carbocycles. The van der Waals surface area contributed by atoms with Gasteiger partial charge in [0.25, 0.3) is 0 Å². The molecule has 0 atom stereocenters. The third kappa shape index (κ3) is 4.35. The van der Waals surface area contributed by atoms with E-state index in [4.69, 9.17) is 4.74 Å². The Morgan fingerprint density at radius 1 is 1.40 bits per heavy atom. The highest BCUT2D eigenvalue weighted by atomic mass is 19.1. The van der Waals surface area contributed by atoms with Gasteiger partial charge in [0.2, 0.25) is 0 Å². The van der Waals surface area contributed by atoms with E-state index in [0.717, 1.165) is 19.0 Å². The standard InChI is InChI=1S/C18H23FN4O2/c1-12-21-16(14-7-15(19)9-20-8-14)11-22(12)23(10-13-5-6-13)17(24)25-18(2,3)4/h7-9,11,13H,5-6,10H2,1-4H3. The quantitative estimate of drug-likeness (QED) is 0.847. The van der Waals surface area contributed by atoms with Gasteiger partial charge in [-0.15, -0.1) is 0 Å². The molecule has 2 aromatic rings. The SMILES string of the molecule is Cc1nc(-c2cncc(F)c2)cn1N(CC1CC1)C(=O)OC(C)(C)C. The molecule has 1 aliphatic rings. The number of aryl methyl sites for hydroxylation is 1. The van der Waals surface area contributed by atoms with Gasteiger partial charge in [-0.25, -0.2) is 23.9 Å². The van der Waals surface area contributed by atoms with Gasteiger partial charge < -0.3 is 4.74 Å². The molecule has 0 radical (unpaired) electrons. The van der Waals surface area contributed by atoms with Crippen LogP contribution in [0.15, 0.2) is 24.7 Å². The van der Waals surface area contributed by atoms with Gasteiger partial charge in [0.1, 0.15) is 17.2 Å². The Kier molecular flexibility index (Phi) is 4.49. The molecule has 3 rings (SSSR count). The number of pyridine rings is 1. The van der Waals surface area contributed by atoms with E-state index in [-0.39, 0.29) is 0 Å². The predicted molar refractivity (Wildman–Crippen MR) is 92.2 cm³/mol. The first-order valence-electron chi connectivity index (χ1n) is 8.40. The van der Waals surface area contributed by atoms with Gasteiger partial charge in [-0.05, 0) is 52.5 Å². The topological polar surface area (TPSA) is 60.2 Å². The van der Waals surface area contributed by atoms with Crippen LogP contribution in [-0.2, 0) is 4.74 Å². The van der Waals surface area contributed by atoms with E-state index in [1.165, 1.54) is 6.07 Å². The number of halogens is 1. The van der Waals surface area contributed by atoms with Crippen molar-refractivity contribution in [2.75, 3.05) is 11.6 Å². The Morgan fingerprint density at radius 3 is 2.72 bits per heavy atom. The molecule has 1 aliphatic carbocycles. The Labute approximate surface area is 146 Å². The lowest BCUT2D eigenvalue weighted by Gasteiger charge is -2.28. The molecule has 1 saturated carbocycles. The molecular weight excluding hydrogens is 323 g/mol. The lowest BCUT2D eigenvalue weighted by molar-refractivity contribution is 0.0534. The van der Waals surface area contributed by atoms with E-state index in [0.29, 0.717) is 29.5 Å². The number of carbonyl (C=O) groups is 1. The maximum Gasteiger partial charge on any atom is 0.429 e. The molecule has 0 unspecified atom stereocenters. The Morgan fingerprint density at radius 2 is 2.12 bits per heavy atom. The molecular formula is C18H23FN4O2. The number of imidazole rings is 1. The molecule has 134 valence electrons. The first kappa shape index (κ1) is 17.4. The van der Waals surface area contributed by atoms with E-state index in [1.54, 1.807) is 29.0 Å². The van der Waals surface area contributed by atoms with Gasteiger partial charge in [0.15, 0.2) is 0 Å². The van der Waals surface area contributed by atoms with E-state index in [2.05, 4.69) is 9.97 Å². The number of amides is 1. The Hall–Kier alpha value is -2.44. The Balaban J connectivity index is 1.91. The number of hydrogen-bond acceptors (Lipinski definition) is 4. The fourth-order valence-electron chi connectivity index (χ4n) is 2.51. The van der Waals surface area contributed by atoms with Crippen molar-refractivity contribution in [3.05, 3.63) is 36.3 Å². The first-order chi connectivity index (χ1) is 11.7. The number of hydrogen-bond donors (Lipinski definition) is 0. The normalized spacial score (nSPS) is 14.4. The fourth-order valence-corrected chi connectivity index (χ4v) is 2.51. The molecule has 7 heteroatoms. The average Bonchev–Trinajstić information content (AvgIpc) is 3.24. The molecule has 0 N–H and O–H groups in total. The van der Waals surface area contributed by atoms with Crippen LogP contribution in [0.4, 0.5) is 9.18 Å². The highest BCUT2D eigenvalue weighted by molar-refractivity contribution is 5.79. The summed E-state index contributed by atoms with van der Waals surface area (Å²) in [6.45, 7) is 7.90. The minimum absolute atomic E-state index is 0.413. The third-order valence-electron chi connectivity index (χ3n) is 3.85. The zero-order chi connectivity index (χ0) is 18.2. The van der Waals surface area contributed by atoms with E-state index < -0.39 is 17.5 Å². The lowest BCUT2D eigenvalue weighted by atomic mass is 10.2. The van der Waals surface area contributed by atoms with Crippen LogP contribution in [0.1, 0.15) is 39.4 Å². The molecule has 1 amide bonds. The summed E-state index contributed by atoms with van der Waals surface area (Å²) in [4.78, 5) is 21.0. The van der Waals surface area contributed by atoms with Crippen molar-refractivity contribution in [2.45, 2.75) is 46.1 Å². The van der Waals surface area contributed by atoms with Crippen LogP contribution in [0.5, 0.6) is 0 Å². The second-order valence-corrected chi connectivity index (χ2v) is 7.42. The second kappa shape index (κ2) is 6.46. The van der Waals surface area contributed by atoms with Gasteiger partial charge >= 0.3 is 6.09 Å². The third-order valence-corrected chi connectivity index (χ3v) is 3.85. The molecule has 25 heavy (non-hydrogen) atoms. The molecule has 2 heterocycles. The molecule has 1 fully saturated rings. The first-order valence-corrected chi connectivity index (χ1v) is 8.40. The van der Waals surface area contributed by atoms with Crippen LogP contribution in [0.3, 0.4) is 0 Å². The van der Waals surface area contributed by atoms with Crippen molar-refractivity contribution in [3.63, 3.8) is 0 Å². The molecule has 6 nitrogen and oxygen atoms in total. The maximum absolute atomic E-state index is 13.4. The molecule has 0 bridgehead atoms. The molecule has 0 aliphatic heterocycles. The van der Waals surface area contributed by atoms with Gasteiger partial charge in [-0.1, -0.05) is 0 Å². The van der Waals surface area contributed by atoms with Gasteiger partial charge in [0, 0.05) is 18.3 Å². The van der Waals surface area contributed by atoms with Gasteiger partial charge in [-0.3, -0.25) is 4.98 Å². The summed E-state index contributed by atoms with van der Waals surface area (Å²) >= 11 is 0. The summed E-state index contributed by atoms with van der Waals surface area (Å²) in [5, 5.41) is 1.57. The van der Waals surface area contributed by atoms with Crippen molar-refractivity contribution in [3.8, 4) is 11.3 Å². The smallest absolute Gasteiger partial charge is 0.429 e. The number of ether oxygens (including phenoxy) is 1. The summed E-state index contributed by atoms with van der Waals surface area (Å²) in [7, 11) is 0. The number of carbonyl (C=O) groups excluding carboxylic acids is 1. The average molecular weight is 346 g/mol. The monoisotopic (exact) mass is 346 g/mol. The van der Waals surface area contributed by atoms with Crippen LogP contribution in [-0.4, -0.2) is 32.9 Å². The largest absolute Gasteiger partial charge is 0.442 e. The summed E-state index contributed by atoms with van der Waals surface area (Å²) in [5.41, 5.74) is 0.550. The number of aromatic nitrogens is 3. The van der Waals surface area contributed by atoms with E-state index in [9.17, 15) is 9.18 Å². The zero-order valence-electron chi connectivity index (χ0n) is 15.0. The van der Waals surface area contributed by atoms with Crippen LogP contribution in [0, 0.1) is 18.7 Å². The molecule has 2 aromatic heterocycles. The Bertz CT molecular complexity index is 778. The summed E-state index contributed by atoms with van der Waals surface area (Å²) < 4.78 is 20.7. The van der Waals surface area contributed by atoms with Crippen molar-refractivity contribution in [2.24, 2.45) is 5.92 Å². The van der Waals surface area contributed by atoms with Crippen molar-refractivity contribution < 1.29 is 13.9 Å². The summed E-state index contributed by atoms with van der Waals surface area (Å²) in [5.74, 6) is 0.686. The van der Waals surface area contributed by atoms with Gasteiger partial charge in [0.05, 0.1) is 18.1 Å². The molecule has 0 spiro atoms. The van der Waals surface area contributed by atoms with Crippen LogP contribution >= 0.6 is 0 Å². The number of rotatable bonds is 4. The van der Waals surface area contributed by atoms with Crippen molar-refractivity contribution in [1.29, 1.82) is 0 Å². The highest BCUT2D eigenvalue weighted by Gasteiger charge is 2.31. The van der Waals surface area contributed by atoms with Crippen molar-refractivity contribution >= 4 is 6.09 Å². The van der Waals surface area contributed by atoms with E-state index in [1.807, 2.05) is 20.8 Å². The van der Waals surface area contributed by atoms with Crippen LogP contribution in [0.2, 0.25) is 0 Å². The summed E-state index contributed by atoms with van der Waals surface area (Å²) in [6.07, 6.45) is 6.21. The second-order valence-electron chi connectivity index (χ2n) is 7.42. The summed E-state index contributed by atoms with van der Waals surface area (Å²) in [6, 6.07) is 1.37. The van der Waals surface area contributed by atoms with Crippen LogP contribution < -0.4 is 5.01 Å². The zero-order valence-corrected chi connectivity index (χ0v) is 15.0. The lowest BCUT2D eigenvalue weighted by Crippen LogP contribution is -2.45. The fraction of sp³-hybridized carbons (Fsp3) is 0.500.